The largest absolute Gasteiger partial charge is 0.487 e. The van der Waals surface area contributed by atoms with Crippen LogP contribution in [0.15, 0.2) is 11.8 Å². The molecule has 0 saturated carbocycles. The third kappa shape index (κ3) is 4.70. The Hall–Kier alpha value is -0.440. The first kappa shape index (κ1) is 13.6. The maximum Gasteiger partial charge on any atom is 0.164 e. The van der Waals surface area contributed by atoms with Crippen molar-refractivity contribution in [1.29, 1.82) is 0 Å². The van der Waals surface area contributed by atoms with E-state index in [0.717, 1.165) is 0 Å². The minimum Gasteiger partial charge on any atom is -0.487 e. The van der Waals surface area contributed by atoms with Gasteiger partial charge in [0.15, 0.2) is 5.78 Å². The lowest BCUT2D eigenvalue weighted by Crippen LogP contribution is -2.19. The fraction of sp³-hybridized carbons (Fsp3) is 0.727. The van der Waals surface area contributed by atoms with Crippen LogP contribution in [0.4, 0.5) is 0 Å². The summed E-state index contributed by atoms with van der Waals surface area (Å²) in [6.07, 6.45) is 1.58. The molecule has 0 aliphatic rings. The monoisotopic (exact) mass is 216 g/mol. The summed E-state index contributed by atoms with van der Waals surface area (Å²) in [6, 6.07) is 0. The maximum absolute atomic E-state index is 11.7. The average Bonchev–Trinajstić information content (AvgIpc) is 2.01. The molecule has 0 radical (unpaired) electrons. The van der Waals surface area contributed by atoms with Gasteiger partial charge >= 0.3 is 0 Å². The normalized spacial score (nSPS) is 13.2. The van der Waals surface area contributed by atoms with E-state index in [1.54, 1.807) is 6.08 Å². The summed E-state index contributed by atoms with van der Waals surface area (Å²) in [6.45, 7) is 9.66. The minimum absolute atomic E-state index is 0.0861. The molecule has 0 aromatic rings. The molecule has 0 aliphatic heterocycles. The van der Waals surface area contributed by atoms with Gasteiger partial charge < -0.3 is 4.74 Å². The molecule has 0 aliphatic carbocycles. The molecular formula is C11H20O2S. The third-order valence-electron chi connectivity index (χ3n) is 1.81. The molecule has 3 heteroatoms. The van der Waals surface area contributed by atoms with E-state index < -0.39 is 0 Å². The average molecular weight is 216 g/mol. The molecule has 0 aromatic carbocycles. The Bertz CT molecular complexity index is 224. The molecule has 0 saturated heterocycles. The summed E-state index contributed by atoms with van der Waals surface area (Å²) in [4.78, 5) is 11.7. The first-order chi connectivity index (χ1) is 6.29. The van der Waals surface area contributed by atoms with Crippen LogP contribution in [0.2, 0.25) is 0 Å². The van der Waals surface area contributed by atoms with Crippen LogP contribution in [0.1, 0.15) is 34.6 Å². The van der Waals surface area contributed by atoms with E-state index in [0.29, 0.717) is 11.7 Å². The van der Waals surface area contributed by atoms with Crippen molar-refractivity contribution in [3.63, 3.8) is 0 Å². The maximum atomic E-state index is 11.7. The zero-order chi connectivity index (χ0) is 11.4. The number of thiol groups is 1. The highest BCUT2D eigenvalue weighted by Crippen LogP contribution is 2.19. The Balaban J connectivity index is 4.66. The van der Waals surface area contributed by atoms with Gasteiger partial charge in [-0.05, 0) is 0 Å². The molecule has 0 N–H and O–H groups in total. The molecule has 0 heterocycles. The van der Waals surface area contributed by atoms with Crippen LogP contribution in [0, 0.1) is 11.3 Å². The van der Waals surface area contributed by atoms with E-state index in [1.165, 1.54) is 0 Å². The molecule has 14 heavy (non-hydrogen) atoms. The number of ketones is 1. The van der Waals surface area contributed by atoms with Crippen LogP contribution in [0.5, 0.6) is 0 Å². The number of hydrogen-bond donors (Lipinski definition) is 1. The Kier molecular flexibility index (Phi) is 5.27. The van der Waals surface area contributed by atoms with E-state index in [1.807, 2.05) is 34.6 Å². The Morgan fingerprint density at radius 3 is 2.21 bits per heavy atom. The van der Waals surface area contributed by atoms with Crippen molar-refractivity contribution < 1.29 is 9.53 Å². The topological polar surface area (TPSA) is 26.3 Å². The van der Waals surface area contributed by atoms with Crippen molar-refractivity contribution in [2.75, 3.05) is 5.94 Å². The molecule has 2 nitrogen and oxygen atoms in total. The van der Waals surface area contributed by atoms with Gasteiger partial charge in [0.05, 0.1) is 0 Å². The van der Waals surface area contributed by atoms with Crippen LogP contribution in [0.25, 0.3) is 0 Å². The first-order valence-corrected chi connectivity index (χ1v) is 5.42. The van der Waals surface area contributed by atoms with Gasteiger partial charge in [-0.2, -0.15) is 0 Å². The van der Waals surface area contributed by atoms with Crippen LogP contribution >= 0.6 is 12.6 Å². The second-order valence-corrected chi connectivity index (χ2v) is 4.85. The minimum atomic E-state index is -0.347. The summed E-state index contributed by atoms with van der Waals surface area (Å²) in [5.74, 6) is 1.32. The van der Waals surface area contributed by atoms with Crippen molar-refractivity contribution in [1.82, 2.24) is 0 Å². The highest BCUT2D eigenvalue weighted by molar-refractivity contribution is 7.80. The van der Waals surface area contributed by atoms with Gasteiger partial charge in [-0.15, -0.1) is 12.6 Å². The van der Waals surface area contributed by atoms with Crippen molar-refractivity contribution in [2.45, 2.75) is 34.6 Å². The highest BCUT2D eigenvalue weighted by atomic mass is 32.1. The molecule has 0 spiro atoms. The number of carbonyl (C=O) groups excluding carboxylic acids is 1. The standard InChI is InChI=1S/C11H20O2S/c1-8(2)9(13-7-14)6-10(12)11(3,4)5/h6,8,14H,7H2,1-5H3/b9-6-. The van der Waals surface area contributed by atoms with E-state index in [2.05, 4.69) is 12.6 Å². The van der Waals surface area contributed by atoms with Gasteiger partial charge in [0.2, 0.25) is 0 Å². The molecule has 0 atom stereocenters. The number of allylic oxidation sites excluding steroid dienone is 2. The smallest absolute Gasteiger partial charge is 0.164 e. The van der Waals surface area contributed by atoms with Crippen LogP contribution in [0.3, 0.4) is 0 Å². The lowest BCUT2D eigenvalue weighted by Gasteiger charge is -2.16. The van der Waals surface area contributed by atoms with E-state index in [4.69, 9.17) is 4.74 Å². The predicted molar refractivity (Wildman–Crippen MR) is 62.3 cm³/mol. The number of rotatable bonds is 4. The van der Waals surface area contributed by atoms with Gasteiger partial charge in [-0.3, -0.25) is 4.79 Å². The summed E-state index contributed by atoms with van der Waals surface area (Å²) >= 11 is 3.98. The number of ether oxygens (including phenoxy) is 1. The molecule has 82 valence electrons. The van der Waals surface area contributed by atoms with Crippen molar-refractivity contribution >= 4 is 18.4 Å². The van der Waals surface area contributed by atoms with Gasteiger partial charge in [0, 0.05) is 17.4 Å². The summed E-state index contributed by atoms with van der Waals surface area (Å²) in [5.41, 5.74) is -0.347. The second-order valence-electron chi connectivity index (χ2n) is 4.59. The Morgan fingerprint density at radius 1 is 1.43 bits per heavy atom. The second kappa shape index (κ2) is 5.44. The molecule has 0 unspecified atom stereocenters. The zero-order valence-corrected chi connectivity index (χ0v) is 10.5. The fourth-order valence-electron chi connectivity index (χ4n) is 0.795. The SMILES string of the molecule is CC(C)/C(=C/C(=O)C(C)(C)C)OCS. The van der Waals surface area contributed by atoms with Crippen LogP contribution < -0.4 is 0 Å². The van der Waals surface area contributed by atoms with E-state index in [-0.39, 0.29) is 17.1 Å². The molecule has 0 aromatic heterocycles. The summed E-state index contributed by atoms with van der Waals surface area (Å²) < 4.78 is 5.27. The van der Waals surface area contributed by atoms with Crippen molar-refractivity contribution in [3.8, 4) is 0 Å². The fourth-order valence-corrected chi connectivity index (χ4v) is 0.944. The Labute approximate surface area is 92.1 Å². The quantitative estimate of drug-likeness (QED) is 0.338. The molecule has 0 bridgehead atoms. The predicted octanol–water partition coefficient (Wildman–Crippen LogP) is 3.05. The number of carbonyl (C=O) groups is 1. The van der Waals surface area contributed by atoms with Crippen LogP contribution in [-0.2, 0) is 9.53 Å². The lowest BCUT2D eigenvalue weighted by atomic mass is 9.90. The molecule has 0 amide bonds. The van der Waals surface area contributed by atoms with Crippen molar-refractivity contribution in [2.24, 2.45) is 11.3 Å². The van der Waals surface area contributed by atoms with Crippen LogP contribution in [-0.4, -0.2) is 11.7 Å². The third-order valence-corrected chi connectivity index (χ3v) is 1.94. The lowest BCUT2D eigenvalue weighted by molar-refractivity contribution is -0.121. The molecule has 0 fully saturated rings. The van der Waals surface area contributed by atoms with Gasteiger partial charge in [-0.1, -0.05) is 34.6 Å². The van der Waals surface area contributed by atoms with E-state index in [9.17, 15) is 4.79 Å². The number of hydrogen-bond acceptors (Lipinski definition) is 3. The van der Waals surface area contributed by atoms with Crippen molar-refractivity contribution in [3.05, 3.63) is 11.8 Å². The highest BCUT2D eigenvalue weighted by Gasteiger charge is 2.20. The molecular weight excluding hydrogens is 196 g/mol. The first-order valence-electron chi connectivity index (χ1n) is 4.78. The summed E-state index contributed by atoms with van der Waals surface area (Å²) in [5, 5.41) is 0. The van der Waals surface area contributed by atoms with Gasteiger partial charge in [0.1, 0.15) is 11.7 Å². The zero-order valence-electron chi connectivity index (χ0n) is 9.63. The Morgan fingerprint density at radius 2 is 1.93 bits per heavy atom. The van der Waals surface area contributed by atoms with Gasteiger partial charge in [-0.25, -0.2) is 0 Å². The van der Waals surface area contributed by atoms with Gasteiger partial charge in [0.25, 0.3) is 0 Å². The summed E-state index contributed by atoms with van der Waals surface area (Å²) in [7, 11) is 0. The van der Waals surface area contributed by atoms with E-state index >= 15 is 0 Å². The molecule has 0 rings (SSSR count).